The first kappa shape index (κ1) is 20.4. The summed E-state index contributed by atoms with van der Waals surface area (Å²) in [5.74, 6) is -0.635. The van der Waals surface area contributed by atoms with Crippen molar-refractivity contribution in [2.24, 2.45) is 11.3 Å². The minimum absolute atomic E-state index is 0. The molecule has 0 bridgehead atoms. The van der Waals surface area contributed by atoms with E-state index in [-0.39, 0.29) is 40.2 Å². The first-order valence-electron chi connectivity index (χ1n) is 9.25. The molecule has 2 amide bonds. The van der Waals surface area contributed by atoms with E-state index < -0.39 is 11.7 Å². The van der Waals surface area contributed by atoms with E-state index in [0.717, 1.165) is 32.4 Å². The van der Waals surface area contributed by atoms with Crippen LogP contribution in [0.15, 0.2) is 18.2 Å². The molecule has 0 aromatic heterocycles. The number of nitrogens with one attached hydrogen (secondary N) is 1. The topological polar surface area (TPSA) is 52.7 Å². The van der Waals surface area contributed by atoms with E-state index >= 15 is 0 Å². The molecular weight excluding hydrogens is 392 g/mol. The van der Waals surface area contributed by atoms with Gasteiger partial charge in [-0.25, -0.2) is 4.39 Å². The number of amides is 2. The van der Waals surface area contributed by atoms with Gasteiger partial charge in [0.1, 0.15) is 5.82 Å². The summed E-state index contributed by atoms with van der Waals surface area (Å²) in [7, 11) is 0. The summed E-state index contributed by atoms with van der Waals surface area (Å²) in [5, 5.41) is 3.48. The van der Waals surface area contributed by atoms with E-state index in [0.29, 0.717) is 26.2 Å². The van der Waals surface area contributed by atoms with Crippen LogP contribution in [0.25, 0.3) is 0 Å². The first-order chi connectivity index (χ1) is 12.5. The Morgan fingerprint density at radius 3 is 2.37 bits per heavy atom. The number of nitrogens with zero attached hydrogens (tertiary/aromatic N) is 2. The molecule has 2 heterocycles. The van der Waals surface area contributed by atoms with Gasteiger partial charge < -0.3 is 15.1 Å². The molecule has 8 heteroatoms. The fourth-order valence-electron chi connectivity index (χ4n) is 4.38. The summed E-state index contributed by atoms with van der Waals surface area (Å²) in [6.07, 6.45) is 3.15. The standard InChI is InChI=1S/C19H23ClFN3O2.ClH/c20-14-2-1-3-15(21)16(14)18(26)24-10-8-23(9-11-24)17(25)13-12-19(13)4-6-22-7-5-19;/h1-3,13,22H,4-12H2;1H. The van der Waals surface area contributed by atoms with Crippen molar-refractivity contribution in [1.29, 1.82) is 0 Å². The summed E-state index contributed by atoms with van der Waals surface area (Å²) in [6.45, 7) is 3.82. The number of halogens is 3. The van der Waals surface area contributed by atoms with Crippen LogP contribution in [0, 0.1) is 17.2 Å². The Labute approximate surface area is 169 Å². The molecule has 5 nitrogen and oxygen atoms in total. The molecule has 1 saturated carbocycles. The van der Waals surface area contributed by atoms with Crippen molar-refractivity contribution >= 4 is 35.8 Å². The molecule has 27 heavy (non-hydrogen) atoms. The lowest BCUT2D eigenvalue weighted by atomic mass is 9.91. The van der Waals surface area contributed by atoms with Crippen LogP contribution in [-0.2, 0) is 4.79 Å². The quantitative estimate of drug-likeness (QED) is 0.807. The lowest BCUT2D eigenvalue weighted by Gasteiger charge is -2.35. The maximum Gasteiger partial charge on any atom is 0.258 e. The molecule has 1 unspecified atom stereocenters. The SMILES string of the molecule is Cl.O=C(c1c(F)cccc1Cl)N1CCN(C(=O)C2CC23CCNCC3)CC1. The van der Waals surface area contributed by atoms with Gasteiger partial charge in [0.25, 0.3) is 5.91 Å². The molecular formula is C19H24Cl2FN3O2. The van der Waals surface area contributed by atoms with E-state index in [2.05, 4.69) is 5.32 Å². The Morgan fingerprint density at radius 1 is 1.11 bits per heavy atom. The molecule has 1 N–H and O–H groups in total. The molecule has 0 radical (unpaired) electrons. The number of benzene rings is 1. The molecule has 4 rings (SSSR count). The second-order valence-electron chi connectivity index (χ2n) is 7.58. The normalized spacial score (nSPS) is 23.7. The van der Waals surface area contributed by atoms with Crippen LogP contribution in [-0.4, -0.2) is 60.9 Å². The van der Waals surface area contributed by atoms with Gasteiger partial charge in [-0.05, 0) is 49.9 Å². The van der Waals surface area contributed by atoms with Crippen molar-refractivity contribution < 1.29 is 14.0 Å². The Kier molecular flexibility index (Phi) is 5.99. The zero-order chi connectivity index (χ0) is 18.3. The third kappa shape index (κ3) is 3.80. The van der Waals surface area contributed by atoms with Crippen molar-refractivity contribution in [3.05, 3.63) is 34.6 Å². The summed E-state index contributed by atoms with van der Waals surface area (Å²) in [4.78, 5) is 28.9. The van der Waals surface area contributed by atoms with Crippen molar-refractivity contribution in [1.82, 2.24) is 15.1 Å². The largest absolute Gasteiger partial charge is 0.339 e. The predicted octanol–water partition coefficient (Wildman–Crippen LogP) is 2.58. The van der Waals surface area contributed by atoms with Crippen LogP contribution in [0.2, 0.25) is 5.02 Å². The summed E-state index contributed by atoms with van der Waals surface area (Å²) in [6, 6.07) is 4.24. The molecule has 2 aliphatic heterocycles. The van der Waals surface area contributed by atoms with E-state index in [9.17, 15) is 14.0 Å². The van der Waals surface area contributed by atoms with Crippen LogP contribution >= 0.6 is 24.0 Å². The maximum absolute atomic E-state index is 14.0. The number of hydrogen-bond acceptors (Lipinski definition) is 3. The zero-order valence-corrected chi connectivity index (χ0v) is 16.6. The predicted molar refractivity (Wildman–Crippen MR) is 104 cm³/mol. The first-order valence-corrected chi connectivity index (χ1v) is 9.62. The summed E-state index contributed by atoms with van der Waals surface area (Å²) < 4.78 is 14.0. The second-order valence-corrected chi connectivity index (χ2v) is 7.99. The fourth-order valence-corrected chi connectivity index (χ4v) is 4.63. The van der Waals surface area contributed by atoms with Crippen molar-refractivity contribution in [2.75, 3.05) is 39.3 Å². The molecule has 1 spiro atoms. The molecule has 1 atom stereocenters. The molecule has 3 fully saturated rings. The van der Waals surface area contributed by atoms with E-state index in [1.807, 2.05) is 4.90 Å². The number of rotatable bonds is 2. The number of piperidine rings is 1. The van der Waals surface area contributed by atoms with Crippen LogP contribution in [0.1, 0.15) is 29.6 Å². The fraction of sp³-hybridized carbons (Fsp3) is 0.579. The Hall–Kier alpha value is -1.37. The Morgan fingerprint density at radius 2 is 1.74 bits per heavy atom. The van der Waals surface area contributed by atoms with Gasteiger partial charge >= 0.3 is 0 Å². The van der Waals surface area contributed by atoms with E-state index in [4.69, 9.17) is 11.6 Å². The van der Waals surface area contributed by atoms with Crippen LogP contribution in [0.3, 0.4) is 0 Å². The lowest BCUT2D eigenvalue weighted by molar-refractivity contribution is -0.135. The van der Waals surface area contributed by atoms with Gasteiger partial charge in [0.05, 0.1) is 10.6 Å². The van der Waals surface area contributed by atoms with Gasteiger partial charge in [-0.3, -0.25) is 9.59 Å². The third-order valence-corrected chi connectivity index (χ3v) is 6.46. The third-order valence-electron chi connectivity index (χ3n) is 6.14. The summed E-state index contributed by atoms with van der Waals surface area (Å²) >= 11 is 6.00. The van der Waals surface area contributed by atoms with Gasteiger partial charge in [-0.15, -0.1) is 12.4 Å². The van der Waals surface area contributed by atoms with Crippen molar-refractivity contribution in [3.8, 4) is 0 Å². The Balaban J connectivity index is 0.00000210. The number of carbonyl (C=O) groups excluding carboxylic acids is 2. The number of carbonyl (C=O) groups is 2. The smallest absolute Gasteiger partial charge is 0.258 e. The van der Waals surface area contributed by atoms with Gasteiger partial charge in [0.2, 0.25) is 5.91 Å². The van der Waals surface area contributed by atoms with Crippen LogP contribution in [0.5, 0.6) is 0 Å². The zero-order valence-electron chi connectivity index (χ0n) is 15.0. The van der Waals surface area contributed by atoms with Gasteiger partial charge in [0.15, 0.2) is 0 Å². The molecule has 2 saturated heterocycles. The molecule has 1 aromatic rings. The Bertz CT molecular complexity index is 711. The van der Waals surface area contributed by atoms with Crippen molar-refractivity contribution in [2.45, 2.75) is 19.3 Å². The highest BCUT2D eigenvalue weighted by molar-refractivity contribution is 6.33. The molecule has 148 valence electrons. The minimum Gasteiger partial charge on any atom is -0.339 e. The highest BCUT2D eigenvalue weighted by Gasteiger charge is 2.58. The molecule has 1 aromatic carbocycles. The highest BCUT2D eigenvalue weighted by Crippen LogP contribution is 2.59. The maximum atomic E-state index is 14.0. The highest BCUT2D eigenvalue weighted by atomic mass is 35.5. The lowest BCUT2D eigenvalue weighted by Crippen LogP contribution is -2.51. The number of hydrogen-bond donors (Lipinski definition) is 1. The minimum atomic E-state index is -0.605. The van der Waals surface area contributed by atoms with Gasteiger partial charge in [0, 0.05) is 32.1 Å². The van der Waals surface area contributed by atoms with Crippen LogP contribution in [0.4, 0.5) is 4.39 Å². The van der Waals surface area contributed by atoms with E-state index in [1.165, 1.54) is 18.2 Å². The average Bonchev–Trinajstić information content (AvgIpc) is 3.34. The monoisotopic (exact) mass is 415 g/mol. The van der Waals surface area contributed by atoms with E-state index in [1.54, 1.807) is 4.90 Å². The molecule has 1 aliphatic carbocycles. The van der Waals surface area contributed by atoms with Crippen molar-refractivity contribution in [3.63, 3.8) is 0 Å². The number of piperazine rings is 1. The van der Waals surface area contributed by atoms with Gasteiger partial charge in [-0.1, -0.05) is 17.7 Å². The van der Waals surface area contributed by atoms with Crippen LogP contribution < -0.4 is 5.32 Å². The van der Waals surface area contributed by atoms with Gasteiger partial charge in [-0.2, -0.15) is 0 Å². The second kappa shape index (κ2) is 7.94. The molecule has 3 aliphatic rings. The average molecular weight is 416 g/mol. The summed E-state index contributed by atoms with van der Waals surface area (Å²) in [5.41, 5.74) is 0.139.